The van der Waals surface area contributed by atoms with Crippen molar-refractivity contribution in [1.82, 2.24) is 9.29 Å². The Balaban J connectivity index is 3.05. The molecule has 0 fully saturated rings. The smallest absolute Gasteiger partial charge is 0.244 e. The summed E-state index contributed by atoms with van der Waals surface area (Å²) in [6, 6.07) is 2.71. The Labute approximate surface area is 110 Å². The van der Waals surface area contributed by atoms with Crippen molar-refractivity contribution in [2.45, 2.75) is 4.90 Å². The quantitative estimate of drug-likeness (QED) is 0.658. The number of nitrogens with two attached hydrogens (primary N) is 2. The number of nitrogens with zero attached hydrogens (tertiary/aromatic N) is 2. The van der Waals surface area contributed by atoms with Crippen LogP contribution in [0.1, 0.15) is 5.69 Å². The molecule has 18 heavy (non-hydrogen) atoms. The number of sulfonamides is 1. The van der Waals surface area contributed by atoms with Gasteiger partial charge in [-0.3, -0.25) is 9.78 Å². The van der Waals surface area contributed by atoms with E-state index in [1.165, 1.54) is 19.2 Å². The zero-order chi connectivity index (χ0) is 13.9. The number of thiocarbonyl (C=S) groups is 1. The van der Waals surface area contributed by atoms with Gasteiger partial charge in [-0.05, 0) is 12.1 Å². The summed E-state index contributed by atoms with van der Waals surface area (Å²) in [4.78, 5) is 14.5. The number of carbonyl (C=O) groups is 1. The van der Waals surface area contributed by atoms with Gasteiger partial charge in [0.15, 0.2) is 0 Å². The molecule has 0 unspecified atom stereocenters. The van der Waals surface area contributed by atoms with Crippen LogP contribution in [0.3, 0.4) is 0 Å². The fraction of sp³-hybridized carbons (Fsp3) is 0.222. The van der Waals surface area contributed by atoms with Crippen LogP contribution in [0.4, 0.5) is 0 Å². The molecule has 1 aromatic rings. The van der Waals surface area contributed by atoms with Crippen LogP contribution in [-0.4, -0.2) is 42.2 Å². The van der Waals surface area contributed by atoms with Crippen molar-refractivity contribution in [2.24, 2.45) is 11.5 Å². The fourth-order valence-electron chi connectivity index (χ4n) is 1.16. The van der Waals surface area contributed by atoms with Gasteiger partial charge in [0.25, 0.3) is 0 Å². The summed E-state index contributed by atoms with van der Waals surface area (Å²) in [5, 5.41) is 0. The third-order valence-electron chi connectivity index (χ3n) is 2.08. The molecule has 0 bridgehead atoms. The van der Waals surface area contributed by atoms with E-state index in [-0.39, 0.29) is 9.88 Å². The van der Waals surface area contributed by atoms with Crippen LogP contribution in [0.25, 0.3) is 0 Å². The van der Waals surface area contributed by atoms with Gasteiger partial charge < -0.3 is 11.5 Å². The average Bonchev–Trinajstić information content (AvgIpc) is 2.28. The summed E-state index contributed by atoms with van der Waals surface area (Å²) >= 11 is 4.70. The minimum absolute atomic E-state index is 0.0637. The first-order chi connectivity index (χ1) is 8.25. The van der Waals surface area contributed by atoms with Gasteiger partial charge in [-0.2, -0.15) is 4.31 Å². The number of primary amides is 1. The van der Waals surface area contributed by atoms with Gasteiger partial charge in [-0.1, -0.05) is 12.2 Å². The molecule has 0 aliphatic heterocycles. The monoisotopic (exact) mass is 288 g/mol. The molecule has 1 heterocycles. The van der Waals surface area contributed by atoms with Crippen molar-refractivity contribution in [1.29, 1.82) is 0 Å². The maximum atomic E-state index is 12.0. The van der Waals surface area contributed by atoms with Gasteiger partial charge in [0.1, 0.15) is 9.88 Å². The van der Waals surface area contributed by atoms with Gasteiger partial charge in [-0.15, -0.1) is 0 Å². The number of amides is 1. The summed E-state index contributed by atoms with van der Waals surface area (Å²) in [7, 11) is -2.54. The maximum Gasteiger partial charge on any atom is 0.244 e. The standard InChI is InChI=1S/C9H12N4O3S2/c1-13(5-8(10)14)18(15,16)6-2-3-7(9(11)17)12-4-6/h2-4H,5H2,1H3,(H2,10,14)(H2,11,17). The van der Waals surface area contributed by atoms with E-state index in [0.717, 1.165) is 10.5 Å². The first-order valence-electron chi connectivity index (χ1n) is 4.75. The normalized spacial score (nSPS) is 11.4. The van der Waals surface area contributed by atoms with Crippen molar-refractivity contribution in [2.75, 3.05) is 13.6 Å². The summed E-state index contributed by atoms with van der Waals surface area (Å²) in [5.41, 5.74) is 10.6. The van der Waals surface area contributed by atoms with Gasteiger partial charge >= 0.3 is 0 Å². The van der Waals surface area contributed by atoms with E-state index in [1.54, 1.807) is 0 Å². The first-order valence-corrected chi connectivity index (χ1v) is 6.60. The Morgan fingerprint density at radius 1 is 1.44 bits per heavy atom. The predicted octanol–water partition coefficient (Wildman–Crippen LogP) is -1.18. The number of likely N-dealkylation sites (N-methyl/N-ethyl adjacent to an activating group) is 1. The summed E-state index contributed by atoms with van der Waals surface area (Å²) in [6.07, 6.45) is 1.13. The Morgan fingerprint density at radius 3 is 2.44 bits per heavy atom. The first kappa shape index (κ1) is 14.5. The topological polar surface area (TPSA) is 119 Å². The third kappa shape index (κ3) is 3.22. The number of hydrogen-bond acceptors (Lipinski definition) is 5. The molecule has 1 rings (SSSR count). The molecule has 0 saturated heterocycles. The molecule has 0 atom stereocenters. The van der Waals surface area contributed by atoms with Gasteiger partial charge in [0.2, 0.25) is 15.9 Å². The number of hydrogen-bond donors (Lipinski definition) is 2. The summed E-state index contributed by atoms with van der Waals surface area (Å²) in [5.74, 6) is -0.742. The van der Waals surface area contributed by atoms with Crippen molar-refractivity contribution in [3.8, 4) is 0 Å². The largest absolute Gasteiger partial charge is 0.388 e. The Bertz CT molecular complexity index is 568. The Morgan fingerprint density at radius 2 is 2.06 bits per heavy atom. The number of pyridine rings is 1. The van der Waals surface area contributed by atoms with Crippen molar-refractivity contribution < 1.29 is 13.2 Å². The lowest BCUT2D eigenvalue weighted by Gasteiger charge is -2.15. The van der Waals surface area contributed by atoms with Gasteiger partial charge in [0.05, 0.1) is 12.2 Å². The fourth-order valence-corrected chi connectivity index (χ4v) is 2.37. The lowest BCUT2D eigenvalue weighted by molar-refractivity contribution is -0.118. The van der Waals surface area contributed by atoms with E-state index in [2.05, 4.69) is 4.98 Å². The maximum absolute atomic E-state index is 12.0. The number of aromatic nitrogens is 1. The van der Waals surface area contributed by atoms with E-state index < -0.39 is 22.5 Å². The molecule has 1 aromatic heterocycles. The van der Waals surface area contributed by atoms with Crippen LogP contribution >= 0.6 is 12.2 Å². The van der Waals surface area contributed by atoms with Crippen LogP contribution in [0.15, 0.2) is 23.2 Å². The average molecular weight is 288 g/mol. The highest BCUT2D eigenvalue weighted by molar-refractivity contribution is 7.89. The molecule has 0 aliphatic rings. The van der Waals surface area contributed by atoms with E-state index in [0.29, 0.717) is 5.69 Å². The lowest BCUT2D eigenvalue weighted by Crippen LogP contribution is -2.35. The lowest BCUT2D eigenvalue weighted by atomic mass is 10.3. The predicted molar refractivity (Wildman–Crippen MR) is 69.1 cm³/mol. The van der Waals surface area contributed by atoms with E-state index in [4.69, 9.17) is 23.7 Å². The molecule has 0 aromatic carbocycles. The molecule has 4 N–H and O–H groups in total. The second-order valence-electron chi connectivity index (χ2n) is 3.47. The van der Waals surface area contributed by atoms with Gasteiger partial charge in [0, 0.05) is 13.2 Å². The molecule has 0 saturated carbocycles. The second kappa shape index (κ2) is 5.38. The van der Waals surface area contributed by atoms with Crippen molar-refractivity contribution in [3.63, 3.8) is 0 Å². The Hall–Kier alpha value is -1.58. The minimum atomic E-state index is -3.79. The molecular formula is C9H12N4O3S2. The van der Waals surface area contributed by atoms with E-state index >= 15 is 0 Å². The molecule has 7 nitrogen and oxygen atoms in total. The third-order valence-corrected chi connectivity index (χ3v) is 4.07. The van der Waals surface area contributed by atoms with E-state index in [9.17, 15) is 13.2 Å². The highest BCUT2D eigenvalue weighted by atomic mass is 32.2. The van der Waals surface area contributed by atoms with Crippen molar-refractivity contribution in [3.05, 3.63) is 24.0 Å². The zero-order valence-corrected chi connectivity index (χ0v) is 11.2. The van der Waals surface area contributed by atoms with Gasteiger partial charge in [-0.25, -0.2) is 8.42 Å². The molecule has 0 aliphatic carbocycles. The van der Waals surface area contributed by atoms with Crippen LogP contribution < -0.4 is 11.5 Å². The van der Waals surface area contributed by atoms with Crippen LogP contribution in [0.5, 0.6) is 0 Å². The molecule has 1 amide bonds. The van der Waals surface area contributed by atoms with Crippen LogP contribution in [-0.2, 0) is 14.8 Å². The molecule has 0 radical (unpaired) electrons. The molecular weight excluding hydrogens is 276 g/mol. The zero-order valence-electron chi connectivity index (χ0n) is 9.53. The van der Waals surface area contributed by atoms with E-state index in [1.807, 2.05) is 0 Å². The highest BCUT2D eigenvalue weighted by Gasteiger charge is 2.22. The SMILES string of the molecule is CN(CC(N)=O)S(=O)(=O)c1ccc(C(N)=S)nc1. The molecule has 98 valence electrons. The molecule has 0 spiro atoms. The number of carbonyl (C=O) groups excluding carboxylic acids is 1. The Kier molecular flexibility index (Phi) is 4.33. The van der Waals surface area contributed by atoms with Crippen molar-refractivity contribution >= 4 is 33.1 Å². The second-order valence-corrected chi connectivity index (χ2v) is 5.96. The minimum Gasteiger partial charge on any atom is -0.388 e. The van der Waals surface area contributed by atoms with Crippen LogP contribution in [0.2, 0.25) is 0 Å². The molecule has 9 heteroatoms. The highest BCUT2D eigenvalue weighted by Crippen LogP contribution is 2.13. The van der Waals surface area contributed by atoms with Crippen LogP contribution in [0, 0.1) is 0 Å². The number of rotatable bonds is 5. The summed E-state index contributed by atoms with van der Waals surface area (Å²) < 4.78 is 24.8. The summed E-state index contributed by atoms with van der Waals surface area (Å²) in [6.45, 7) is -0.403.